The predicted molar refractivity (Wildman–Crippen MR) is 59.2 cm³/mol. The number of carbonyl (C=O) groups excluding carboxylic acids is 1. The van der Waals surface area contributed by atoms with Gasteiger partial charge in [-0.25, -0.2) is 0 Å². The van der Waals surface area contributed by atoms with Gasteiger partial charge in [-0.15, -0.1) is 0 Å². The second-order valence-corrected chi connectivity index (χ2v) is 4.77. The van der Waals surface area contributed by atoms with Crippen molar-refractivity contribution in [1.29, 1.82) is 0 Å². The third-order valence-corrected chi connectivity index (χ3v) is 3.52. The summed E-state index contributed by atoms with van der Waals surface area (Å²) < 4.78 is 5.17. The number of ether oxygens (including phenoxy) is 1. The van der Waals surface area contributed by atoms with Crippen molar-refractivity contribution in [2.24, 2.45) is 17.6 Å². The third-order valence-electron chi connectivity index (χ3n) is 3.52. The number of aliphatic carboxylic acids is 1. The van der Waals surface area contributed by atoms with Crippen LogP contribution in [-0.2, 0) is 14.3 Å². The van der Waals surface area contributed by atoms with E-state index < -0.39 is 11.9 Å². The smallest absolute Gasteiger partial charge is 0.308 e. The molecule has 2 aliphatic heterocycles. The van der Waals surface area contributed by atoms with Gasteiger partial charge in [-0.1, -0.05) is 0 Å². The highest BCUT2D eigenvalue weighted by Gasteiger charge is 2.37. The number of carboxylic acids is 1. The highest BCUT2D eigenvalue weighted by atomic mass is 16.5. The fourth-order valence-electron chi connectivity index (χ4n) is 2.44. The molecule has 0 bridgehead atoms. The molecule has 2 rings (SSSR count). The summed E-state index contributed by atoms with van der Waals surface area (Å²) in [5, 5.41) is 8.97. The standard InChI is InChI=1S/C11H18N2O4/c12-9-6-17-5-8(9)10(14)13-3-1-2-7(4-13)11(15)16/h7-9H,1-6,12H2,(H,15,16)/t7-,8?,9?/m0/s1. The number of rotatable bonds is 2. The van der Waals surface area contributed by atoms with Crippen molar-refractivity contribution in [3.05, 3.63) is 0 Å². The van der Waals surface area contributed by atoms with E-state index in [1.54, 1.807) is 4.90 Å². The Morgan fingerprint density at radius 3 is 2.71 bits per heavy atom. The number of carbonyl (C=O) groups is 2. The summed E-state index contributed by atoms with van der Waals surface area (Å²) in [7, 11) is 0. The van der Waals surface area contributed by atoms with E-state index in [4.69, 9.17) is 15.6 Å². The maximum absolute atomic E-state index is 12.2. The first-order valence-corrected chi connectivity index (χ1v) is 5.94. The second kappa shape index (κ2) is 5.01. The number of hydrogen-bond donors (Lipinski definition) is 2. The average molecular weight is 242 g/mol. The van der Waals surface area contributed by atoms with Crippen molar-refractivity contribution in [1.82, 2.24) is 4.90 Å². The Morgan fingerprint density at radius 1 is 1.35 bits per heavy atom. The maximum atomic E-state index is 12.2. The zero-order chi connectivity index (χ0) is 12.4. The minimum atomic E-state index is -0.825. The normalized spacial score (nSPS) is 33.7. The van der Waals surface area contributed by atoms with Crippen molar-refractivity contribution in [2.75, 3.05) is 26.3 Å². The molecule has 3 atom stereocenters. The molecule has 96 valence electrons. The first-order valence-electron chi connectivity index (χ1n) is 5.94. The molecular weight excluding hydrogens is 224 g/mol. The number of amides is 1. The van der Waals surface area contributed by atoms with Crippen LogP contribution in [0.25, 0.3) is 0 Å². The van der Waals surface area contributed by atoms with Crippen LogP contribution in [0.2, 0.25) is 0 Å². The Bertz CT molecular complexity index is 321. The summed E-state index contributed by atoms with van der Waals surface area (Å²) >= 11 is 0. The molecule has 6 heteroatoms. The molecule has 3 N–H and O–H groups in total. The minimum Gasteiger partial charge on any atom is -0.481 e. The summed E-state index contributed by atoms with van der Waals surface area (Å²) in [5.74, 6) is -1.62. The van der Waals surface area contributed by atoms with Crippen LogP contribution in [0.3, 0.4) is 0 Å². The van der Waals surface area contributed by atoms with Crippen LogP contribution in [0.4, 0.5) is 0 Å². The summed E-state index contributed by atoms with van der Waals surface area (Å²) in [6.07, 6.45) is 1.39. The van der Waals surface area contributed by atoms with Crippen LogP contribution in [0.5, 0.6) is 0 Å². The Kier molecular flexibility index (Phi) is 3.63. The van der Waals surface area contributed by atoms with E-state index in [-0.39, 0.29) is 17.9 Å². The van der Waals surface area contributed by atoms with E-state index in [9.17, 15) is 9.59 Å². The molecule has 2 unspecified atom stereocenters. The first kappa shape index (κ1) is 12.3. The fraction of sp³-hybridized carbons (Fsp3) is 0.818. The molecule has 0 aromatic carbocycles. The summed E-state index contributed by atoms with van der Waals surface area (Å²) in [4.78, 5) is 24.7. The lowest BCUT2D eigenvalue weighted by Gasteiger charge is -2.32. The Morgan fingerprint density at radius 2 is 2.12 bits per heavy atom. The molecule has 0 aromatic heterocycles. The number of likely N-dealkylation sites (tertiary alicyclic amines) is 1. The molecule has 2 heterocycles. The predicted octanol–water partition coefficient (Wildman–Crippen LogP) is -0.717. The van der Waals surface area contributed by atoms with E-state index in [2.05, 4.69) is 0 Å². The van der Waals surface area contributed by atoms with Crippen LogP contribution < -0.4 is 5.73 Å². The summed E-state index contributed by atoms with van der Waals surface area (Å²) in [5.41, 5.74) is 5.79. The zero-order valence-electron chi connectivity index (χ0n) is 9.67. The van der Waals surface area contributed by atoms with Gasteiger partial charge >= 0.3 is 5.97 Å². The van der Waals surface area contributed by atoms with Gasteiger partial charge in [-0.05, 0) is 12.8 Å². The van der Waals surface area contributed by atoms with Crippen molar-refractivity contribution >= 4 is 11.9 Å². The van der Waals surface area contributed by atoms with Gasteiger partial charge in [0, 0.05) is 19.1 Å². The van der Waals surface area contributed by atoms with E-state index in [0.717, 1.165) is 6.42 Å². The fourth-order valence-corrected chi connectivity index (χ4v) is 2.44. The van der Waals surface area contributed by atoms with Crippen LogP contribution >= 0.6 is 0 Å². The topological polar surface area (TPSA) is 92.9 Å². The summed E-state index contributed by atoms with van der Waals surface area (Å²) in [6, 6.07) is -0.257. The lowest BCUT2D eigenvalue weighted by molar-refractivity contribution is -0.146. The SMILES string of the molecule is NC1COCC1C(=O)N1CCC[C@H](C(=O)O)C1. The number of hydrogen-bond acceptors (Lipinski definition) is 4. The van der Waals surface area contributed by atoms with Gasteiger partial charge in [0.2, 0.25) is 5.91 Å². The van der Waals surface area contributed by atoms with Crippen molar-refractivity contribution in [2.45, 2.75) is 18.9 Å². The Labute approximate surface area is 99.7 Å². The number of piperidine rings is 1. The highest BCUT2D eigenvalue weighted by molar-refractivity contribution is 5.81. The average Bonchev–Trinajstić information content (AvgIpc) is 2.74. The lowest BCUT2D eigenvalue weighted by Crippen LogP contribution is -2.48. The maximum Gasteiger partial charge on any atom is 0.308 e. The Balaban J connectivity index is 1.97. The number of nitrogens with zero attached hydrogens (tertiary/aromatic N) is 1. The zero-order valence-corrected chi connectivity index (χ0v) is 9.67. The molecule has 6 nitrogen and oxygen atoms in total. The number of nitrogens with two attached hydrogens (primary N) is 1. The van der Waals surface area contributed by atoms with Crippen molar-refractivity contribution < 1.29 is 19.4 Å². The van der Waals surface area contributed by atoms with E-state index >= 15 is 0 Å². The van der Waals surface area contributed by atoms with Crippen LogP contribution in [0.15, 0.2) is 0 Å². The molecule has 2 fully saturated rings. The highest BCUT2D eigenvalue weighted by Crippen LogP contribution is 2.21. The van der Waals surface area contributed by atoms with Crippen molar-refractivity contribution in [3.8, 4) is 0 Å². The number of carboxylic acid groups (broad SMARTS) is 1. The van der Waals surface area contributed by atoms with Crippen LogP contribution in [0, 0.1) is 11.8 Å². The molecule has 0 saturated carbocycles. The molecule has 2 aliphatic rings. The Hall–Kier alpha value is -1.14. The van der Waals surface area contributed by atoms with E-state index in [1.165, 1.54) is 0 Å². The van der Waals surface area contributed by atoms with Gasteiger partial charge in [-0.3, -0.25) is 9.59 Å². The monoisotopic (exact) mass is 242 g/mol. The molecule has 0 radical (unpaired) electrons. The third kappa shape index (κ3) is 2.58. The second-order valence-electron chi connectivity index (χ2n) is 4.77. The van der Waals surface area contributed by atoms with Gasteiger partial charge in [0.25, 0.3) is 0 Å². The molecule has 1 amide bonds. The van der Waals surface area contributed by atoms with E-state index in [1.807, 2.05) is 0 Å². The van der Waals surface area contributed by atoms with Crippen molar-refractivity contribution in [3.63, 3.8) is 0 Å². The molecule has 0 aliphatic carbocycles. The summed E-state index contributed by atoms with van der Waals surface area (Å²) in [6.45, 7) is 1.70. The molecule has 17 heavy (non-hydrogen) atoms. The van der Waals surface area contributed by atoms with Crippen LogP contribution in [0.1, 0.15) is 12.8 Å². The molecule has 2 saturated heterocycles. The van der Waals surface area contributed by atoms with Gasteiger partial charge in [-0.2, -0.15) is 0 Å². The van der Waals surface area contributed by atoms with Gasteiger partial charge < -0.3 is 20.5 Å². The molecule has 0 spiro atoms. The van der Waals surface area contributed by atoms with Gasteiger partial charge in [0.15, 0.2) is 0 Å². The quantitative estimate of drug-likeness (QED) is 0.667. The van der Waals surface area contributed by atoms with E-state index in [0.29, 0.717) is 32.7 Å². The lowest BCUT2D eigenvalue weighted by atomic mass is 9.95. The van der Waals surface area contributed by atoms with Gasteiger partial charge in [0.1, 0.15) is 0 Å². The minimum absolute atomic E-state index is 0.0547. The molecule has 0 aromatic rings. The molecular formula is C11H18N2O4. The van der Waals surface area contributed by atoms with Gasteiger partial charge in [0.05, 0.1) is 25.0 Å². The first-order chi connectivity index (χ1) is 8.09. The largest absolute Gasteiger partial charge is 0.481 e. The van der Waals surface area contributed by atoms with Crippen LogP contribution in [-0.4, -0.2) is 54.2 Å².